The number of rotatable bonds is 3. The lowest BCUT2D eigenvalue weighted by molar-refractivity contribution is 0.298. The number of benzene rings is 2. The highest BCUT2D eigenvalue weighted by molar-refractivity contribution is 5.85. The van der Waals surface area contributed by atoms with Crippen molar-refractivity contribution >= 4 is 23.2 Å². The van der Waals surface area contributed by atoms with Crippen molar-refractivity contribution in [3.05, 3.63) is 42.0 Å². The Labute approximate surface area is 144 Å². The molecule has 2 aromatic carbocycles. The zero-order valence-corrected chi connectivity index (χ0v) is 14.4. The van der Waals surface area contributed by atoms with Crippen molar-refractivity contribution in [1.82, 2.24) is 4.90 Å². The van der Waals surface area contributed by atoms with Crippen LogP contribution in [0, 0.1) is 11.8 Å². The van der Waals surface area contributed by atoms with Crippen LogP contribution in [0.1, 0.15) is 18.4 Å². The maximum Gasteiger partial charge on any atom is 0.119 e. The summed E-state index contributed by atoms with van der Waals surface area (Å²) in [6, 6.07) is 13.5. The average Bonchev–Trinajstić information content (AvgIpc) is 3.08. The highest BCUT2D eigenvalue weighted by atomic mass is 35.5. The molecule has 3 nitrogen and oxygen atoms in total. The van der Waals surface area contributed by atoms with E-state index in [1.54, 1.807) is 7.11 Å². The van der Waals surface area contributed by atoms with Gasteiger partial charge in [-0.2, -0.15) is 0 Å². The summed E-state index contributed by atoms with van der Waals surface area (Å²) in [5.41, 5.74) is 7.63. The van der Waals surface area contributed by atoms with Gasteiger partial charge in [0, 0.05) is 25.7 Å². The Kier molecular flexibility index (Phi) is 4.81. The van der Waals surface area contributed by atoms with Crippen molar-refractivity contribution in [2.75, 3.05) is 20.2 Å². The Morgan fingerprint density at radius 2 is 1.87 bits per heavy atom. The molecule has 2 N–H and O–H groups in total. The number of nitrogens with two attached hydrogens (primary N) is 1. The van der Waals surface area contributed by atoms with E-state index >= 15 is 0 Å². The van der Waals surface area contributed by atoms with Gasteiger partial charge in [0.15, 0.2) is 0 Å². The summed E-state index contributed by atoms with van der Waals surface area (Å²) < 4.78 is 5.29. The van der Waals surface area contributed by atoms with Crippen molar-refractivity contribution in [1.29, 1.82) is 0 Å². The van der Waals surface area contributed by atoms with Gasteiger partial charge in [-0.1, -0.05) is 18.2 Å². The molecule has 1 saturated carbocycles. The SMILES string of the molecule is COc1ccc2cc(CN3CC4CCC(N)C4C3)ccc2c1.Cl. The van der Waals surface area contributed by atoms with E-state index in [9.17, 15) is 0 Å². The molecule has 0 aromatic heterocycles. The van der Waals surface area contributed by atoms with Crippen LogP contribution < -0.4 is 10.5 Å². The molecule has 1 heterocycles. The normalized spacial score (nSPS) is 27.0. The van der Waals surface area contributed by atoms with Gasteiger partial charge in [-0.15, -0.1) is 12.4 Å². The van der Waals surface area contributed by atoms with Gasteiger partial charge >= 0.3 is 0 Å². The molecule has 0 spiro atoms. The lowest BCUT2D eigenvalue weighted by Gasteiger charge is -2.18. The van der Waals surface area contributed by atoms with Gasteiger partial charge in [0.05, 0.1) is 7.11 Å². The second-order valence-corrected chi connectivity index (χ2v) is 6.91. The zero-order valence-electron chi connectivity index (χ0n) is 13.6. The highest BCUT2D eigenvalue weighted by Crippen LogP contribution is 2.37. The van der Waals surface area contributed by atoms with Gasteiger partial charge < -0.3 is 10.5 Å². The zero-order chi connectivity index (χ0) is 15.1. The van der Waals surface area contributed by atoms with Crippen LogP contribution in [-0.4, -0.2) is 31.1 Å². The first-order chi connectivity index (χ1) is 10.7. The van der Waals surface area contributed by atoms with E-state index in [1.165, 1.54) is 42.3 Å². The number of methoxy groups -OCH3 is 1. The van der Waals surface area contributed by atoms with E-state index in [1.807, 2.05) is 6.07 Å². The summed E-state index contributed by atoms with van der Waals surface area (Å²) in [7, 11) is 1.71. The molecule has 124 valence electrons. The second-order valence-electron chi connectivity index (χ2n) is 6.91. The van der Waals surface area contributed by atoms with Crippen LogP contribution in [0.25, 0.3) is 10.8 Å². The Morgan fingerprint density at radius 3 is 2.65 bits per heavy atom. The van der Waals surface area contributed by atoms with Crippen LogP contribution in [0.15, 0.2) is 36.4 Å². The molecule has 2 fully saturated rings. The minimum atomic E-state index is 0. The molecule has 3 atom stereocenters. The minimum Gasteiger partial charge on any atom is -0.497 e. The molecule has 1 aliphatic carbocycles. The van der Waals surface area contributed by atoms with Crippen molar-refractivity contribution in [3.63, 3.8) is 0 Å². The summed E-state index contributed by atoms with van der Waals surface area (Å²) in [4.78, 5) is 2.58. The van der Waals surface area contributed by atoms with Gasteiger partial charge in [-0.3, -0.25) is 4.90 Å². The Morgan fingerprint density at radius 1 is 1.09 bits per heavy atom. The van der Waals surface area contributed by atoms with E-state index < -0.39 is 0 Å². The van der Waals surface area contributed by atoms with Crippen LogP contribution in [0.3, 0.4) is 0 Å². The first-order valence-electron chi connectivity index (χ1n) is 8.27. The lowest BCUT2D eigenvalue weighted by Crippen LogP contribution is -2.30. The van der Waals surface area contributed by atoms with E-state index in [2.05, 4.69) is 35.2 Å². The van der Waals surface area contributed by atoms with Crippen LogP contribution in [-0.2, 0) is 6.54 Å². The smallest absolute Gasteiger partial charge is 0.119 e. The molecular formula is C19H25ClN2O. The number of hydrogen-bond acceptors (Lipinski definition) is 3. The molecule has 4 heteroatoms. The first-order valence-corrected chi connectivity index (χ1v) is 8.27. The molecule has 23 heavy (non-hydrogen) atoms. The quantitative estimate of drug-likeness (QED) is 0.935. The largest absolute Gasteiger partial charge is 0.497 e. The van der Waals surface area contributed by atoms with Crippen LogP contribution in [0.5, 0.6) is 5.75 Å². The van der Waals surface area contributed by atoms with Gasteiger partial charge in [0.25, 0.3) is 0 Å². The fourth-order valence-electron chi connectivity index (χ4n) is 4.29. The van der Waals surface area contributed by atoms with Gasteiger partial charge in [0.1, 0.15) is 5.75 Å². The predicted octanol–water partition coefficient (Wildman–Crippen LogP) is 3.44. The summed E-state index contributed by atoms with van der Waals surface area (Å²) in [6.07, 6.45) is 2.54. The minimum absolute atomic E-state index is 0. The molecule has 1 aliphatic heterocycles. The standard InChI is InChI=1S/C19H24N2O.ClH/c1-22-17-6-4-14-8-13(2-3-15(14)9-17)10-21-11-16-5-7-19(20)18(16)12-21;/h2-4,6,8-9,16,18-19H,5,7,10-12,20H2,1H3;1H. The van der Waals surface area contributed by atoms with E-state index in [-0.39, 0.29) is 12.4 Å². The first kappa shape index (κ1) is 16.6. The van der Waals surface area contributed by atoms with Crippen LogP contribution >= 0.6 is 12.4 Å². The maximum atomic E-state index is 6.24. The number of nitrogens with zero attached hydrogens (tertiary/aromatic N) is 1. The van der Waals surface area contributed by atoms with E-state index in [0.717, 1.165) is 24.1 Å². The molecule has 3 unspecified atom stereocenters. The van der Waals surface area contributed by atoms with Crippen LogP contribution in [0.2, 0.25) is 0 Å². The third-order valence-electron chi connectivity index (χ3n) is 5.51. The molecular weight excluding hydrogens is 308 g/mol. The number of ether oxygens (including phenoxy) is 1. The summed E-state index contributed by atoms with van der Waals surface area (Å²) in [5.74, 6) is 2.48. The molecule has 4 rings (SSSR count). The Hall–Kier alpha value is -1.29. The van der Waals surface area contributed by atoms with Crippen LogP contribution in [0.4, 0.5) is 0 Å². The summed E-state index contributed by atoms with van der Waals surface area (Å²) in [5, 5.41) is 2.53. The fraction of sp³-hybridized carbons (Fsp3) is 0.474. The molecule has 0 amide bonds. The van der Waals surface area contributed by atoms with E-state index in [0.29, 0.717) is 6.04 Å². The van der Waals surface area contributed by atoms with Gasteiger partial charge in [0.2, 0.25) is 0 Å². The van der Waals surface area contributed by atoms with Crippen molar-refractivity contribution < 1.29 is 4.74 Å². The number of likely N-dealkylation sites (tertiary alicyclic amines) is 1. The molecule has 2 aromatic rings. The number of halogens is 1. The average molecular weight is 333 g/mol. The molecule has 1 saturated heterocycles. The molecule has 0 radical (unpaired) electrons. The van der Waals surface area contributed by atoms with Crippen molar-refractivity contribution in [2.24, 2.45) is 17.6 Å². The topological polar surface area (TPSA) is 38.5 Å². The summed E-state index contributed by atoms with van der Waals surface area (Å²) in [6.45, 7) is 3.44. The Bertz CT molecular complexity index is 690. The van der Waals surface area contributed by atoms with Gasteiger partial charge in [-0.25, -0.2) is 0 Å². The number of fused-ring (bicyclic) bond motifs is 2. The van der Waals surface area contributed by atoms with Crippen molar-refractivity contribution in [3.8, 4) is 5.75 Å². The number of hydrogen-bond donors (Lipinski definition) is 1. The third-order valence-corrected chi connectivity index (χ3v) is 5.51. The predicted molar refractivity (Wildman–Crippen MR) is 97.2 cm³/mol. The second kappa shape index (κ2) is 6.68. The Balaban J connectivity index is 0.00000156. The molecule has 2 aliphatic rings. The summed E-state index contributed by atoms with van der Waals surface area (Å²) >= 11 is 0. The molecule has 0 bridgehead atoms. The monoisotopic (exact) mass is 332 g/mol. The van der Waals surface area contributed by atoms with Gasteiger partial charge in [-0.05, 0) is 59.2 Å². The third kappa shape index (κ3) is 3.18. The lowest BCUT2D eigenvalue weighted by atomic mass is 9.98. The fourth-order valence-corrected chi connectivity index (χ4v) is 4.29. The van der Waals surface area contributed by atoms with Crippen molar-refractivity contribution in [2.45, 2.75) is 25.4 Å². The maximum absolute atomic E-state index is 6.24. The van der Waals surface area contributed by atoms with E-state index in [4.69, 9.17) is 10.5 Å². The highest BCUT2D eigenvalue weighted by Gasteiger charge is 2.40.